The molecule has 1 amide bonds. The average molecular weight is 278 g/mol. The zero-order chi connectivity index (χ0) is 14.6. The minimum atomic E-state index is -0.239. The number of ether oxygens (including phenoxy) is 1. The lowest BCUT2D eigenvalue weighted by Crippen LogP contribution is -2.18. The van der Waals surface area contributed by atoms with Crippen molar-refractivity contribution in [2.75, 3.05) is 13.2 Å². The van der Waals surface area contributed by atoms with Crippen molar-refractivity contribution in [1.82, 2.24) is 5.32 Å². The number of amides is 1. The summed E-state index contributed by atoms with van der Waals surface area (Å²) in [6.45, 7) is 4.58. The van der Waals surface area contributed by atoms with Gasteiger partial charge >= 0.3 is 0 Å². The first-order chi connectivity index (χ1) is 9.72. The molecule has 0 radical (unpaired) electrons. The molecule has 0 heterocycles. The van der Waals surface area contributed by atoms with Crippen LogP contribution in [0.4, 0.5) is 0 Å². The van der Waals surface area contributed by atoms with Crippen molar-refractivity contribution in [2.45, 2.75) is 45.6 Å². The largest absolute Gasteiger partial charge is 0.494 e. The number of hydrogen-bond acceptors (Lipinski definition) is 3. The molecule has 0 atom stereocenters. The fraction of sp³-hybridized carbons (Fsp3) is 0.562. The van der Waals surface area contributed by atoms with Gasteiger partial charge in [0.25, 0.3) is 0 Å². The Morgan fingerprint density at radius 3 is 2.60 bits per heavy atom. The lowest BCUT2D eigenvalue weighted by Gasteiger charge is -2.07. The maximum atomic E-state index is 10.6. The van der Waals surface area contributed by atoms with Crippen LogP contribution in [0.15, 0.2) is 24.3 Å². The van der Waals surface area contributed by atoms with Crippen molar-refractivity contribution in [2.24, 2.45) is 5.73 Å². The minimum Gasteiger partial charge on any atom is -0.494 e. The minimum absolute atomic E-state index is 0.239. The van der Waals surface area contributed by atoms with Crippen molar-refractivity contribution in [1.29, 1.82) is 0 Å². The molecular formula is C16H26N2O2. The Labute approximate surface area is 121 Å². The molecule has 0 bridgehead atoms. The van der Waals surface area contributed by atoms with Gasteiger partial charge in [0.2, 0.25) is 5.91 Å². The van der Waals surface area contributed by atoms with Gasteiger partial charge in [-0.05, 0) is 37.1 Å². The second-order valence-electron chi connectivity index (χ2n) is 4.95. The zero-order valence-electron chi connectivity index (χ0n) is 12.4. The van der Waals surface area contributed by atoms with E-state index in [4.69, 9.17) is 10.5 Å². The summed E-state index contributed by atoms with van der Waals surface area (Å²) in [6.07, 6.45) is 4.77. The van der Waals surface area contributed by atoms with Crippen molar-refractivity contribution < 1.29 is 9.53 Å². The quantitative estimate of drug-likeness (QED) is 0.612. The van der Waals surface area contributed by atoms with Crippen LogP contribution in [0.3, 0.4) is 0 Å². The third-order valence-corrected chi connectivity index (χ3v) is 3.05. The number of benzene rings is 1. The highest BCUT2D eigenvalue weighted by Gasteiger charge is 1.97. The summed E-state index contributed by atoms with van der Waals surface area (Å²) >= 11 is 0. The van der Waals surface area contributed by atoms with Crippen LogP contribution in [0.5, 0.6) is 5.75 Å². The van der Waals surface area contributed by atoms with Crippen molar-refractivity contribution in [3.63, 3.8) is 0 Å². The van der Waals surface area contributed by atoms with Crippen LogP contribution in [0.2, 0.25) is 0 Å². The number of hydrogen-bond donors (Lipinski definition) is 2. The van der Waals surface area contributed by atoms with E-state index in [-0.39, 0.29) is 5.91 Å². The van der Waals surface area contributed by atoms with Crippen LogP contribution in [0.25, 0.3) is 0 Å². The summed E-state index contributed by atoms with van der Waals surface area (Å²) in [5.41, 5.74) is 6.29. The molecular weight excluding hydrogens is 252 g/mol. The molecule has 4 heteroatoms. The first-order valence-electron chi connectivity index (χ1n) is 7.43. The smallest absolute Gasteiger partial charge is 0.217 e. The number of nitrogens with two attached hydrogens (primary N) is 1. The number of rotatable bonds is 11. The Kier molecular flexibility index (Phi) is 8.47. The number of primary amides is 1. The summed E-state index contributed by atoms with van der Waals surface area (Å²) in [6, 6.07) is 8.14. The molecule has 20 heavy (non-hydrogen) atoms. The molecule has 0 saturated carbocycles. The highest BCUT2D eigenvalue weighted by atomic mass is 16.5. The van der Waals surface area contributed by atoms with Gasteiger partial charge in [0.1, 0.15) is 5.75 Å². The van der Waals surface area contributed by atoms with E-state index in [2.05, 4.69) is 24.4 Å². The lowest BCUT2D eigenvalue weighted by molar-refractivity contribution is -0.118. The van der Waals surface area contributed by atoms with E-state index < -0.39 is 0 Å². The van der Waals surface area contributed by atoms with Gasteiger partial charge in [-0.3, -0.25) is 4.79 Å². The molecule has 1 aromatic carbocycles. The molecule has 0 spiro atoms. The van der Waals surface area contributed by atoms with Gasteiger partial charge in [-0.1, -0.05) is 31.9 Å². The number of carbonyl (C=O) groups excluding carboxylic acids is 1. The zero-order valence-corrected chi connectivity index (χ0v) is 12.4. The first kappa shape index (κ1) is 16.5. The molecule has 0 aromatic heterocycles. The van der Waals surface area contributed by atoms with E-state index in [9.17, 15) is 4.79 Å². The highest BCUT2D eigenvalue weighted by molar-refractivity contribution is 5.73. The Morgan fingerprint density at radius 2 is 1.95 bits per heavy atom. The van der Waals surface area contributed by atoms with Crippen LogP contribution < -0.4 is 15.8 Å². The molecule has 4 nitrogen and oxygen atoms in total. The predicted octanol–water partition coefficient (Wildman–Crippen LogP) is 2.61. The topological polar surface area (TPSA) is 64.3 Å². The van der Waals surface area contributed by atoms with Gasteiger partial charge in [-0.15, -0.1) is 0 Å². The van der Waals surface area contributed by atoms with Gasteiger partial charge in [0.05, 0.1) is 6.61 Å². The molecule has 0 unspecified atom stereocenters. The SMILES string of the molecule is CCCCCOc1ccc(CNCCCC(N)=O)cc1. The third kappa shape index (κ3) is 7.79. The summed E-state index contributed by atoms with van der Waals surface area (Å²) in [4.78, 5) is 10.6. The molecule has 0 aliphatic carbocycles. The standard InChI is InChI=1S/C16H26N2O2/c1-2-3-4-12-20-15-9-7-14(8-10-15)13-18-11-5-6-16(17)19/h7-10,18H,2-6,11-13H2,1H3,(H2,17,19). The molecule has 0 saturated heterocycles. The summed E-state index contributed by atoms with van der Waals surface area (Å²) in [5, 5.41) is 3.29. The Hall–Kier alpha value is -1.55. The maximum absolute atomic E-state index is 10.6. The van der Waals surface area contributed by atoms with E-state index in [1.54, 1.807) is 0 Å². The first-order valence-corrected chi connectivity index (χ1v) is 7.43. The number of unbranched alkanes of at least 4 members (excludes halogenated alkanes) is 2. The molecule has 1 aromatic rings. The number of carbonyl (C=O) groups is 1. The van der Waals surface area contributed by atoms with Crippen LogP contribution in [-0.2, 0) is 11.3 Å². The Morgan fingerprint density at radius 1 is 1.20 bits per heavy atom. The summed E-state index contributed by atoms with van der Waals surface area (Å²) in [5.74, 6) is 0.690. The summed E-state index contributed by atoms with van der Waals surface area (Å²) in [7, 11) is 0. The molecule has 1 rings (SSSR count). The fourth-order valence-electron chi connectivity index (χ4n) is 1.87. The van der Waals surface area contributed by atoms with Crippen LogP contribution in [0, 0.1) is 0 Å². The van der Waals surface area contributed by atoms with Crippen LogP contribution >= 0.6 is 0 Å². The molecule has 0 aliphatic heterocycles. The van der Waals surface area contributed by atoms with Gasteiger partial charge in [-0.25, -0.2) is 0 Å². The maximum Gasteiger partial charge on any atom is 0.217 e. The van der Waals surface area contributed by atoms with Crippen molar-refractivity contribution in [3.05, 3.63) is 29.8 Å². The van der Waals surface area contributed by atoms with E-state index in [0.29, 0.717) is 6.42 Å². The van der Waals surface area contributed by atoms with E-state index in [1.165, 1.54) is 18.4 Å². The van der Waals surface area contributed by atoms with Crippen LogP contribution in [0.1, 0.15) is 44.6 Å². The predicted molar refractivity (Wildman–Crippen MR) is 81.6 cm³/mol. The van der Waals surface area contributed by atoms with Gasteiger partial charge in [-0.2, -0.15) is 0 Å². The second kappa shape index (κ2) is 10.3. The van der Waals surface area contributed by atoms with Gasteiger partial charge in [0, 0.05) is 13.0 Å². The van der Waals surface area contributed by atoms with Crippen molar-refractivity contribution >= 4 is 5.91 Å². The highest BCUT2D eigenvalue weighted by Crippen LogP contribution is 2.12. The van der Waals surface area contributed by atoms with Crippen molar-refractivity contribution in [3.8, 4) is 5.75 Å². The number of nitrogens with one attached hydrogen (secondary N) is 1. The fourth-order valence-corrected chi connectivity index (χ4v) is 1.87. The van der Waals surface area contributed by atoms with Gasteiger partial charge < -0.3 is 15.8 Å². The summed E-state index contributed by atoms with van der Waals surface area (Å²) < 4.78 is 5.66. The third-order valence-electron chi connectivity index (χ3n) is 3.05. The average Bonchev–Trinajstić information content (AvgIpc) is 2.44. The van der Waals surface area contributed by atoms with E-state index in [0.717, 1.165) is 38.3 Å². The Bertz CT molecular complexity index is 377. The normalized spacial score (nSPS) is 10.4. The Balaban J connectivity index is 2.16. The van der Waals surface area contributed by atoms with E-state index in [1.807, 2.05) is 12.1 Å². The monoisotopic (exact) mass is 278 g/mol. The molecule has 0 aliphatic rings. The van der Waals surface area contributed by atoms with Crippen LogP contribution in [-0.4, -0.2) is 19.1 Å². The van der Waals surface area contributed by atoms with E-state index >= 15 is 0 Å². The molecule has 3 N–H and O–H groups in total. The lowest BCUT2D eigenvalue weighted by atomic mass is 10.2. The van der Waals surface area contributed by atoms with Gasteiger partial charge in [0.15, 0.2) is 0 Å². The molecule has 0 fully saturated rings. The molecule has 112 valence electrons. The second-order valence-corrected chi connectivity index (χ2v) is 4.95.